The van der Waals surface area contributed by atoms with E-state index in [9.17, 15) is 4.79 Å². The largest absolute Gasteiger partial charge is 0.466 e. The third-order valence-electron chi connectivity index (χ3n) is 1.41. The standard InChI is InChI=1S/C8H10O2/c1-6(5-9)8-4-3-7(2)10-8/h3-6H,1-2H3. The van der Waals surface area contributed by atoms with E-state index in [0.29, 0.717) is 0 Å². The Hall–Kier alpha value is -1.05. The number of rotatable bonds is 2. The first-order chi connectivity index (χ1) is 4.74. The number of aldehydes is 1. The van der Waals surface area contributed by atoms with Gasteiger partial charge in [0.2, 0.25) is 0 Å². The Labute approximate surface area is 59.8 Å². The summed E-state index contributed by atoms with van der Waals surface area (Å²) in [6, 6.07) is 3.68. The fourth-order valence-electron chi connectivity index (χ4n) is 0.765. The smallest absolute Gasteiger partial charge is 0.130 e. The van der Waals surface area contributed by atoms with E-state index in [-0.39, 0.29) is 5.92 Å². The molecule has 1 aromatic heterocycles. The first-order valence-corrected chi connectivity index (χ1v) is 3.25. The van der Waals surface area contributed by atoms with Crippen molar-refractivity contribution in [2.75, 3.05) is 0 Å². The molecule has 54 valence electrons. The second-order valence-corrected chi connectivity index (χ2v) is 2.37. The molecule has 0 saturated heterocycles. The van der Waals surface area contributed by atoms with E-state index in [1.54, 1.807) is 0 Å². The normalized spacial score (nSPS) is 13.0. The second kappa shape index (κ2) is 2.69. The molecular weight excluding hydrogens is 128 g/mol. The summed E-state index contributed by atoms with van der Waals surface area (Å²) in [5, 5.41) is 0. The SMILES string of the molecule is Cc1ccc(C(C)C=O)o1. The van der Waals surface area contributed by atoms with Crippen LogP contribution in [-0.2, 0) is 4.79 Å². The average Bonchev–Trinajstić information content (AvgIpc) is 2.34. The molecule has 0 spiro atoms. The number of carbonyl (C=O) groups is 1. The third kappa shape index (κ3) is 1.26. The Bertz CT molecular complexity index is 225. The van der Waals surface area contributed by atoms with Gasteiger partial charge < -0.3 is 9.21 Å². The molecule has 0 aromatic carbocycles. The van der Waals surface area contributed by atoms with Crippen LogP contribution in [0.1, 0.15) is 24.4 Å². The summed E-state index contributed by atoms with van der Waals surface area (Å²) in [6.07, 6.45) is 0.873. The van der Waals surface area contributed by atoms with Gasteiger partial charge in [-0.1, -0.05) is 0 Å². The Morgan fingerprint density at radius 1 is 1.60 bits per heavy atom. The van der Waals surface area contributed by atoms with Gasteiger partial charge in [0.15, 0.2) is 0 Å². The number of hydrogen-bond acceptors (Lipinski definition) is 2. The quantitative estimate of drug-likeness (QED) is 0.584. The van der Waals surface area contributed by atoms with Crippen LogP contribution in [0.2, 0.25) is 0 Å². The van der Waals surface area contributed by atoms with Crippen LogP contribution in [-0.4, -0.2) is 6.29 Å². The van der Waals surface area contributed by atoms with E-state index in [2.05, 4.69) is 0 Å². The highest BCUT2D eigenvalue weighted by Gasteiger charge is 2.06. The van der Waals surface area contributed by atoms with Crippen molar-refractivity contribution in [3.63, 3.8) is 0 Å². The summed E-state index contributed by atoms with van der Waals surface area (Å²) in [4.78, 5) is 10.3. The zero-order valence-electron chi connectivity index (χ0n) is 6.13. The molecule has 2 nitrogen and oxygen atoms in total. The van der Waals surface area contributed by atoms with Crippen LogP contribution >= 0.6 is 0 Å². The van der Waals surface area contributed by atoms with Gasteiger partial charge in [0.05, 0.1) is 5.92 Å². The highest BCUT2D eigenvalue weighted by atomic mass is 16.3. The van der Waals surface area contributed by atoms with Gasteiger partial charge in [-0.2, -0.15) is 0 Å². The summed E-state index contributed by atoms with van der Waals surface area (Å²) < 4.78 is 5.20. The number of furan rings is 1. The molecule has 1 aromatic rings. The molecule has 0 aliphatic heterocycles. The van der Waals surface area contributed by atoms with Gasteiger partial charge in [0.25, 0.3) is 0 Å². The van der Waals surface area contributed by atoms with Gasteiger partial charge in [0, 0.05) is 0 Å². The van der Waals surface area contributed by atoms with Crippen LogP contribution in [0.4, 0.5) is 0 Å². The Morgan fingerprint density at radius 2 is 2.30 bits per heavy atom. The van der Waals surface area contributed by atoms with Crippen LogP contribution in [0.15, 0.2) is 16.5 Å². The molecular formula is C8H10O2. The van der Waals surface area contributed by atoms with Crippen molar-refractivity contribution in [1.29, 1.82) is 0 Å². The highest BCUT2D eigenvalue weighted by Crippen LogP contribution is 2.15. The molecule has 0 radical (unpaired) electrons. The molecule has 1 rings (SSSR count). The predicted molar refractivity (Wildman–Crippen MR) is 37.9 cm³/mol. The lowest BCUT2D eigenvalue weighted by Crippen LogP contribution is -1.90. The minimum absolute atomic E-state index is 0.117. The van der Waals surface area contributed by atoms with Gasteiger partial charge in [-0.3, -0.25) is 0 Å². The summed E-state index contributed by atoms with van der Waals surface area (Å²) in [5.41, 5.74) is 0. The molecule has 0 N–H and O–H groups in total. The van der Waals surface area contributed by atoms with E-state index in [1.807, 2.05) is 26.0 Å². The van der Waals surface area contributed by atoms with Gasteiger partial charge in [0.1, 0.15) is 17.8 Å². The van der Waals surface area contributed by atoms with Crippen molar-refractivity contribution in [1.82, 2.24) is 0 Å². The van der Waals surface area contributed by atoms with Crippen LogP contribution in [0.5, 0.6) is 0 Å². The molecule has 1 atom stereocenters. The van der Waals surface area contributed by atoms with Crippen molar-refractivity contribution in [2.45, 2.75) is 19.8 Å². The van der Waals surface area contributed by atoms with Gasteiger partial charge >= 0.3 is 0 Å². The van der Waals surface area contributed by atoms with Crippen molar-refractivity contribution >= 4 is 6.29 Å². The van der Waals surface area contributed by atoms with Gasteiger partial charge in [-0.25, -0.2) is 0 Å². The van der Waals surface area contributed by atoms with Crippen LogP contribution in [0, 0.1) is 6.92 Å². The first kappa shape index (κ1) is 7.06. The molecule has 0 aliphatic carbocycles. The van der Waals surface area contributed by atoms with Crippen LogP contribution < -0.4 is 0 Å². The minimum atomic E-state index is -0.117. The van der Waals surface area contributed by atoms with E-state index in [0.717, 1.165) is 17.8 Å². The lowest BCUT2D eigenvalue weighted by molar-refractivity contribution is -0.109. The molecule has 0 aliphatic rings. The maximum atomic E-state index is 10.3. The average molecular weight is 138 g/mol. The van der Waals surface area contributed by atoms with Crippen molar-refractivity contribution < 1.29 is 9.21 Å². The second-order valence-electron chi connectivity index (χ2n) is 2.37. The summed E-state index contributed by atoms with van der Waals surface area (Å²) in [6.45, 7) is 3.67. The van der Waals surface area contributed by atoms with Gasteiger partial charge in [-0.15, -0.1) is 0 Å². The maximum absolute atomic E-state index is 10.3. The lowest BCUT2D eigenvalue weighted by atomic mass is 10.1. The van der Waals surface area contributed by atoms with Gasteiger partial charge in [-0.05, 0) is 26.0 Å². The Kier molecular flexibility index (Phi) is 1.90. The highest BCUT2D eigenvalue weighted by molar-refractivity contribution is 5.59. The van der Waals surface area contributed by atoms with E-state index < -0.39 is 0 Å². The molecule has 0 bridgehead atoms. The molecule has 0 fully saturated rings. The lowest BCUT2D eigenvalue weighted by Gasteiger charge is -1.95. The van der Waals surface area contributed by atoms with Crippen molar-refractivity contribution in [2.24, 2.45) is 0 Å². The number of carbonyl (C=O) groups excluding carboxylic acids is 1. The first-order valence-electron chi connectivity index (χ1n) is 3.25. The van der Waals surface area contributed by atoms with E-state index in [4.69, 9.17) is 4.42 Å². The Morgan fingerprint density at radius 3 is 2.70 bits per heavy atom. The van der Waals surface area contributed by atoms with Crippen molar-refractivity contribution in [3.05, 3.63) is 23.7 Å². The topological polar surface area (TPSA) is 30.2 Å². The van der Waals surface area contributed by atoms with E-state index in [1.165, 1.54) is 0 Å². The summed E-state index contributed by atoms with van der Waals surface area (Å²) >= 11 is 0. The fraction of sp³-hybridized carbons (Fsp3) is 0.375. The molecule has 0 saturated carbocycles. The molecule has 1 unspecified atom stereocenters. The molecule has 0 amide bonds. The fourth-order valence-corrected chi connectivity index (χ4v) is 0.765. The zero-order chi connectivity index (χ0) is 7.56. The molecule has 2 heteroatoms. The van der Waals surface area contributed by atoms with Crippen molar-refractivity contribution in [3.8, 4) is 0 Å². The minimum Gasteiger partial charge on any atom is -0.466 e. The molecule has 10 heavy (non-hydrogen) atoms. The monoisotopic (exact) mass is 138 g/mol. The summed E-state index contributed by atoms with van der Waals surface area (Å²) in [7, 11) is 0. The Balaban J connectivity index is 2.84. The molecule has 1 heterocycles. The summed E-state index contributed by atoms with van der Waals surface area (Å²) in [5.74, 6) is 1.48. The van der Waals surface area contributed by atoms with Crippen LogP contribution in [0.3, 0.4) is 0 Å². The van der Waals surface area contributed by atoms with E-state index >= 15 is 0 Å². The maximum Gasteiger partial charge on any atom is 0.130 e. The third-order valence-corrected chi connectivity index (χ3v) is 1.41. The zero-order valence-corrected chi connectivity index (χ0v) is 6.13. The predicted octanol–water partition coefficient (Wildman–Crippen LogP) is 1.89. The number of aryl methyl sites for hydroxylation is 1. The number of hydrogen-bond donors (Lipinski definition) is 0. The van der Waals surface area contributed by atoms with Crippen LogP contribution in [0.25, 0.3) is 0 Å².